The number of aromatic nitrogens is 2. The molecule has 4 heterocycles. The molecule has 0 spiro atoms. The maximum atomic E-state index is 12.0. The van der Waals surface area contributed by atoms with Crippen LogP contribution in [0.25, 0.3) is 0 Å². The molecule has 3 atom stereocenters. The molecule has 0 aromatic carbocycles. The minimum absolute atomic E-state index is 0.159. The number of halogens is 3. The normalized spacial score (nSPS) is 22.0. The van der Waals surface area contributed by atoms with Crippen molar-refractivity contribution in [1.29, 1.82) is 0 Å². The van der Waals surface area contributed by atoms with Crippen LogP contribution in [0, 0.1) is 11.8 Å². The molecule has 0 unspecified atom stereocenters. The monoisotopic (exact) mass is 458 g/mol. The molecule has 0 radical (unpaired) electrons. The number of carboxylic acids is 1. The number of amides is 1. The van der Waals surface area contributed by atoms with E-state index in [-0.39, 0.29) is 17.9 Å². The van der Waals surface area contributed by atoms with Gasteiger partial charge in [0.05, 0.1) is 26.1 Å². The molecule has 2 N–H and O–H groups in total. The van der Waals surface area contributed by atoms with Crippen molar-refractivity contribution in [3.05, 3.63) is 36.5 Å². The number of furan rings is 1. The van der Waals surface area contributed by atoms with E-state index >= 15 is 0 Å². The third-order valence-electron chi connectivity index (χ3n) is 5.11. The third kappa shape index (κ3) is 5.66. The lowest BCUT2D eigenvalue weighted by Crippen LogP contribution is -2.34. The first-order valence-electron chi connectivity index (χ1n) is 9.53. The van der Waals surface area contributed by atoms with Crippen molar-refractivity contribution in [3.8, 4) is 5.88 Å². The first-order chi connectivity index (χ1) is 15.2. The molecule has 13 heteroatoms. The van der Waals surface area contributed by atoms with Crippen LogP contribution in [0.4, 0.5) is 19.0 Å². The highest BCUT2D eigenvalue weighted by Crippen LogP contribution is 2.35. The summed E-state index contributed by atoms with van der Waals surface area (Å²) < 4.78 is 47.9. The SMILES string of the molecule is COc1cc(N2C[C@@H]3[C@@H](CNC(=O)c4ccco4)CO[C@@H]3C2)ncn1.O=C(O)C(F)(F)F. The van der Waals surface area contributed by atoms with Crippen LogP contribution in [0.5, 0.6) is 5.88 Å². The lowest BCUT2D eigenvalue weighted by Gasteiger charge is -2.20. The van der Waals surface area contributed by atoms with Crippen molar-refractivity contribution in [2.75, 3.05) is 38.3 Å². The van der Waals surface area contributed by atoms with Crippen molar-refractivity contribution in [1.82, 2.24) is 15.3 Å². The molecule has 0 saturated carbocycles. The molecule has 10 nitrogen and oxygen atoms in total. The number of anilines is 1. The second-order valence-electron chi connectivity index (χ2n) is 7.11. The van der Waals surface area contributed by atoms with E-state index in [4.69, 9.17) is 23.8 Å². The largest absolute Gasteiger partial charge is 0.490 e. The van der Waals surface area contributed by atoms with Gasteiger partial charge in [-0.2, -0.15) is 13.2 Å². The Kier molecular flexibility index (Phi) is 7.18. The Morgan fingerprint density at radius 1 is 1.34 bits per heavy atom. The van der Waals surface area contributed by atoms with Crippen LogP contribution in [0.15, 0.2) is 35.2 Å². The maximum Gasteiger partial charge on any atom is 0.490 e. The molecule has 2 fully saturated rings. The highest BCUT2D eigenvalue weighted by Gasteiger charge is 2.44. The second kappa shape index (κ2) is 9.85. The van der Waals surface area contributed by atoms with Gasteiger partial charge in [0, 0.05) is 37.5 Å². The molecule has 174 valence electrons. The summed E-state index contributed by atoms with van der Waals surface area (Å²) >= 11 is 0. The third-order valence-corrected chi connectivity index (χ3v) is 5.11. The topological polar surface area (TPSA) is 127 Å². The molecular formula is C19H21F3N4O6. The summed E-state index contributed by atoms with van der Waals surface area (Å²) in [7, 11) is 1.59. The first-order valence-corrected chi connectivity index (χ1v) is 9.53. The fraction of sp³-hybridized carbons (Fsp3) is 0.474. The first kappa shape index (κ1) is 23.3. The fourth-order valence-corrected chi connectivity index (χ4v) is 3.53. The molecule has 0 aliphatic carbocycles. The van der Waals surface area contributed by atoms with Gasteiger partial charge in [0.1, 0.15) is 12.1 Å². The van der Waals surface area contributed by atoms with Gasteiger partial charge in [-0.1, -0.05) is 0 Å². The van der Waals surface area contributed by atoms with Crippen LogP contribution in [0.3, 0.4) is 0 Å². The molecule has 2 saturated heterocycles. The van der Waals surface area contributed by atoms with Crippen molar-refractivity contribution in [3.63, 3.8) is 0 Å². The number of rotatable bonds is 5. The summed E-state index contributed by atoms with van der Waals surface area (Å²) in [5.74, 6) is -0.600. The van der Waals surface area contributed by atoms with E-state index < -0.39 is 12.1 Å². The average Bonchev–Trinajstić information content (AvgIpc) is 3.49. The molecule has 1 amide bonds. The lowest BCUT2D eigenvalue weighted by atomic mass is 9.93. The second-order valence-corrected chi connectivity index (χ2v) is 7.11. The Labute approximate surface area is 180 Å². The van der Waals surface area contributed by atoms with Crippen LogP contribution in [-0.2, 0) is 9.53 Å². The zero-order valence-electron chi connectivity index (χ0n) is 16.9. The van der Waals surface area contributed by atoms with Crippen molar-refractivity contribution in [2.24, 2.45) is 11.8 Å². The summed E-state index contributed by atoms with van der Waals surface area (Å²) in [5, 5.41) is 10.1. The predicted molar refractivity (Wildman–Crippen MR) is 102 cm³/mol. The van der Waals surface area contributed by atoms with Crippen molar-refractivity contribution in [2.45, 2.75) is 12.3 Å². The number of carbonyl (C=O) groups is 2. The molecule has 0 bridgehead atoms. The standard InChI is InChI=1S/C17H20N4O4.C2HF3O2/c1-23-16-5-15(19-10-20-16)21-7-12-11(9-25-14(12)8-21)6-18-17(22)13-3-2-4-24-13;3-2(4,5)1(6)7/h2-5,10-12,14H,6-9H2,1H3,(H,18,22);(H,6,7)/t11-,12+,14+;/m0./s1. The van der Waals surface area contributed by atoms with Gasteiger partial charge in [0.2, 0.25) is 5.88 Å². The summed E-state index contributed by atoms with van der Waals surface area (Å²) in [6.07, 6.45) is -1.93. The number of carbonyl (C=O) groups excluding carboxylic acids is 1. The number of ether oxygens (including phenoxy) is 2. The van der Waals surface area contributed by atoms with Gasteiger partial charge < -0.3 is 29.2 Å². The van der Waals surface area contributed by atoms with Crippen molar-refractivity contribution < 1.29 is 41.8 Å². The van der Waals surface area contributed by atoms with E-state index in [2.05, 4.69) is 20.2 Å². The van der Waals surface area contributed by atoms with E-state index in [0.29, 0.717) is 30.7 Å². The Balaban J connectivity index is 0.000000360. The Hall–Kier alpha value is -3.35. The zero-order valence-corrected chi connectivity index (χ0v) is 16.9. The minimum atomic E-state index is -5.08. The number of hydrogen-bond acceptors (Lipinski definition) is 8. The number of nitrogens with one attached hydrogen (secondary N) is 1. The zero-order chi connectivity index (χ0) is 23.3. The lowest BCUT2D eigenvalue weighted by molar-refractivity contribution is -0.192. The van der Waals surface area contributed by atoms with Crippen LogP contribution < -0.4 is 15.0 Å². The van der Waals surface area contributed by atoms with E-state index in [9.17, 15) is 18.0 Å². The summed E-state index contributed by atoms with van der Waals surface area (Å²) in [5.41, 5.74) is 0. The van der Waals surface area contributed by atoms with Gasteiger partial charge in [0.25, 0.3) is 5.91 Å². The van der Waals surface area contributed by atoms with Gasteiger partial charge in [-0.25, -0.2) is 14.8 Å². The number of carboxylic acid groups (broad SMARTS) is 1. The fourth-order valence-electron chi connectivity index (χ4n) is 3.53. The quantitative estimate of drug-likeness (QED) is 0.687. The maximum absolute atomic E-state index is 12.0. The van der Waals surface area contributed by atoms with Crippen LogP contribution in [-0.4, -0.2) is 72.6 Å². The molecule has 32 heavy (non-hydrogen) atoms. The molecule has 2 aliphatic heterocycles. The molecular weight excluding hydrogens is 437 g/mol. The summed E-state index contributed by atoms with van der Waals surface area (Å²) in [4.78, 5) is 31.5. The van der Waals surface area contributed by atoms with Crippen molar-refractivity contribution >= 4 is 17.7 Å². The molecule has 2 aliphatic rings. The van der Waals surface area contributed by atoms with Crippen LogP contribution in [0.2, 0.25) is 0 Å². The van der Waals surface area contributed by atoms with Gasteiger partial charge in [-0.05, 0) is 12.1 Å². The van der Waals surface area contributed by atoms with E-state index in [1.165, 1.54) is 12.6 Å². The summed E-state index contributed by atoms with van der Waals surface area (Å²) in [6.45, 7) is 2.86. The minimum Gasteiger partial charge on any atom is -0.481 e. The Morgan fingerprint density at radius 2 is 2.09 bits per heavy atom. The highest BCUT2D eigenvalue weighted by atomic mass is 19.4. The summed E-state index contributed by atoms with van der Waals surface area (Å²) in [6, 6.07) is 5.19. The number of methoxy groups -OCH3 is 1. The highest BCUT2D eigenvalue weighted by molar-refractivity contribution is 5.91. The average molecular weight is 458 g/mol. The molecule has 4 rings (SSSR count). The smallest absolute Gasteiger partial charge is 0.481 e. The van der Waals surface area contributed by atoms with Gasteiger partial charge in [-0.3, -0.25) is 4.79 Å². The Morgan fingerprint density at radius 3 is 2.72 bits per heavy atom. The van der Waals surface area contributed by atoms with Crippen LogP contribution >= 0.6 is 0 Å². The van der Waals surface area contributed by atoms with E-state index in [1.54, 1.807) is 19.2 Å². The number of alkyl halides is 3. The van der Waals surface area contributed by atoms with E-state index in [1.807, 2.05) is 6.07 Å². The van der Waals surface area contributed by atoms with Gasteiger partial charge >= 0.3 is 12.1 Å². The molecule has 2 aromatic heterocycles. The number of aliphatic carboxylic acids is 1. The predicted octanol–water partition coefficient (Wildman–Crippen LogP) is 1.59. The van der Waals surface area contributed by atoms with E-state index in [0.717, 1.165) is 18.9 Å². The van der Waals surface area contributed by atoms with Gasteiger partial charge in [0.15, 0.2) is 5.76 Å². The van der Waals surface area contributed by atoms with Gasteiger partial charge in [-0.15, -0.1) is 0 Å². The Bertz CT molecular complexity index is 924. The number of nitrogens with zero attached hydrogens (tertiary/aromatic N) is 3. The number of fused-ring (bicyclic) bond motifs is 1. The molecule has 2 aromatic rings. The van der Waals surface area contributed by atoms with Crippen LogP contribution in [0.1, 0.15) is 10.6 Å². The number of hydrogen-bond donors (Lipinski definition) is 2.